The second-order valence-electron chi connectivity index (χ2n) is 13.0. The maximum absolute atomic E-state index is 6.81. The number of hydrogen-bond donors (Lipinski definition) is 0. The van der Waals surface area contributed by atoms with Crippen molar-refractivity contribution in [2.75, 3.05) is 0 Å². The van der Waals surface area contributed by atoms with Gasteiger partial charge in [-0.25, -0.2) is 4.57 Å². The molecule has 226 valence electrons. The predicted octanol–water partition coefficient (Wildman–Crippen LogP) is 10.2. The summed E-state index contributed by atoms with van der Waals surface area (Å²) in [6.45, 7) is 11.4. The van der Waals surface area contributed by atoms with Crippen molar-refractivity contribution in [3.8, 4) is 28.2 Å². The molecule has 46 heavy (non-hydrogen) atoms. The molecule has 0 radical (unpaired) electrons. The first-order chi connectivity index (χ1) is 22.3. The maximum atomic E-state index is 6.81. The summed E-state index contributed by atoms with van der Waals surface area (Å²) in [6, 6.07) is 32.8. The Balaban J connectivity index is 1.51. The van der Waals surface area contributed by atoms with Gasteiger partial charge in [0.25, 0.3) is 5.82 Å². The summed E-state index contributed by atoms with van der Waals surface area (Å²) in [5.74, 6) is 1.69. The van der Waals surface area contributed by atoms with Crippen LogP contribution in [0, 0.1) is 6.92 Å². The monoisotopic (exact) mass is 601 g/mol. The number of aromatic nitrogens is 4. The molecule has 0 atom stereocenters. The Hall–Kier alpha value is -5.29. The molecule has 5 nitrogen and oxygen atoms in total. The third-order valence-corrected chi connectivity index (χ3v) is 9.42. The van der Waals surface area contributed by atoms with Gasteiger partial charge in [-0.1, -0.05) is 82.3 Å². The lowest BCUT2D eigenvalue weighted by Crippen LogP contribution is -2.30. The Morgan fingerprint density at radius 2 is 1.35 bits per heavy atom. The van der Waals surface area contributed by atoms with Crippen LogP contribution < -0.4 is 4.57 Å². The molecule has 8 rings (SSSR count). The van der Waals surface area contributed by atoms with Crippen molar-refractivity contribution >= 4 is 44.0 Å². The number of fused-ring (bicyclic) bond motifs is 5. The summed E-state index contributed by atoms with van der Waals surface area (Å²) >= 11 is 0. The number of aryl methyl sites for hydroxylation is 2. The molecule has 0 N–H and O–H groups in total. The summed E-state index contributed by atoms with van der Waals surface area (Å²) < 4.78 is 11.6. The average molecular weight is 602 g/mol. The second kappa shape index (κ2) is 10.7. The van der Waals surface area contributed by atoms with Crippen molar-refractivity contribution in [3.63, 3.8) is 0 Å². The van der Waals surface area contributed by atoms with Crippen molar-refractivity contribution in [2.45, 2.75) is 46.5 Å². The SMILES string of the molecule is Cc1ccc2c(oc3cc4nccnc4cc32)c1-c1n(-c2c(C(C)C)cc(-c3ccccc3)cc2C(C)C)c2ccccc2[n+]1C. The van der Waals surface area contributed by atoms with Gasteiger partial charge in [-0.15, -0.1) is 0 Å². The summed E-state index contributed by atoms with van der Waals surface area (Å²) in [5, 5.41) is 2.13. The summed E-state index contributed by atoms with van der Waals surface area (Å²) in [5.41, 5.74) is 14.4. The van der Waals surface area contributed by atoms with E-state index in [1.807, 2.05) is 6.07 Å². The van der Waals surface area contributed by atoms with Gasteiger partial charge in [0.1, 0.15) is 16.8 Å². The lowest BCUT2D eigenvalue weighted by atomic mass is 9.88. The van der Waals surface area contributed by atoms with Gasteiger partial charge >= 0.3 is 0 Å². The zero-order chi connectivity index (χ0) is 31.7. The van der Waals surface area contributed by atoms with Crippen molar-refractivity contribution < 1.29 is 8.98 Å². The normalized spacial score (nSPS) is 12.1. The number of hydrogen-bond acceptors (Lipinski definition) is 3. The van der Waals surface area contributed by atoms with Crippen LogP contribution in [0.3, 0.4) is 0 Å². The fraction of sp³-hybridized carbons (Fsp3) is 0.195. The molecule has 0 aliphatic heterocycles. The van der Waals surface area contributed by atoms with E-state index in [1.54, 1.807) is 12.4 Å². The van der Waals surface area contributed by atoms with Crippen LogP contribution in [0.5, 0.6) is 0 Å². The summed E-state index contributed by atoms with van der Waals surface area (Å²) in [4.78, 5) is 9.13. The minimum absolute atomic E-state index is 0.297. The molecule has 8 aromatic rings. The van der Waals surface area contributed by atoms with Crippen LogP contribution in [-0.2, 0) is 7.05 Å². The highest BCUT2D eigenvalue weighted by atomic mass is 16.3. The molecule has 0 fully saturated rings. The van der Waals surface area contributed by atoms with Gasteiger partial charge in [-0.3, -0.25) is 9.97 Å². The van der Waals surface area contributed by atoms with E-state index in [9.17, 15) is 0 Å². The highest BCUT2D eigenvalue weighted by Gasteiger charge is 2.34. The van der Waals surface area contributed by atoms with Gasteiger partial charge in [0, 0.05) is 40.4 Å². The van der Waals surface area contributed by atoms with Crippen LogP contribution in [-0.4, -0.2) is 14.5 Å². The summed E-state index contributed by atoms with van der Waals surface area (Å²) in [6.07, 6.45) is 3.47. The van der Waals surface area contributed by atoms with Crippen LogP contribution in [0.15, 0.2) is 108 Å². The van der Waals surface area contributed by atoms with E-state index in [2.05, 4.69) is 146 Å². The van der Waals surface area contributed by atoms with Crippen LogP contribution in [0.2, 0.25) is 0 Å². The fourth-order valence-electron chi connectivity index (χ4n) is 7.11. The van der Waals surface area contributed by atoms with Crippen LogP contribution in [0.25, 0.3) is 72.2 Å². The van der Waals surface area contributed by atoms with Gasteiger partial charge in [-0.2, -0.15) is 4.57 Å². The Bertz CT molecular complexity index is 2420. The molecule has 3 aromatic heterocycles. The van der Waals surface area contributed by atoms with E-state index < -0.39 is 0 Å². The zero-order valence-corrected chi connectivity index (χ0v) is 27.2. The van der Waals surface area contributed by atoms with Crippen molar-refractivity contribution in [3.05, 3.63) is 120 Å². The fourth-order valence-corrected chi connectivity index (χ4v) is 7.11. The van der Waals surface area contributed by atoms with Crippen LogP contribution in [0.1, 0.15) is 56.2 Å². The topological polar surface area (TPSA) is 47.7 Å². The Kier molecular flexibility index (Phi) is 6.54. The zero-order valence-electron chi connectivity index (χ0n) is 27.2. The Labute approximate surface area is 268 Å². The quantitative estimate of drug-likeness (QED) is 0.184. The smallest absolute Gasteiger partial charge is 0.299 e. The molecular formula is C41H37N4O+. The maximum Gasteiger partial charge on any atom is 0.299 e. The molecule has 5 aromatic carbocycles. The van der Waals surface area contributed by atoms with Crippen molar-refractivity contribution in [1.82, 2.24) is 14.5 Å². The van der Waals surface area contributed by atoms with E-state index in [0.717, 1.165) is 49.9 Å². The van der Waals surface area contributed by atoms with Crippen molar-refractivity contribution in [1.29, 1.82) is 0 Å². The largest absolute Gasteiger partial charge is 0.455 e. The molecule has 0 bridgehead atoms. The van der Waals surface area contributed by atoms with E-state index >= 15 is 0 Å². The Morgan fingerprint density at radius 1 is 0.696 bits per heavy atom. The predicted molar refractivity (Wildman–Crippen MR) is 189 cm³/mol. The van der Waals surface area contributed by atoms with E-state index in [4.69, 9.17) is 4.42 Å². The van der Waals surface area contributed by atoms with Gasteiger partial charge in [-0.05, 0) is 65.8 Å². The molecule has 0 spiro atoms. The third kappa shape index (κ3) is 4.26. The first-order valence-electron chi connectivity index (χ1n) is 16.1. The standard InChI is InChI=1S/C41H37N4O/c1-24(2)30-20-28(27-12-8-7-9-13-27)21-31(25(3)4)39(30)45-36-15-11-10-14-35(36)44(6)41(45)38-26(5)16-17-29-32-22-33-34(43-19-18-42-33)23-37(32)46-40(29)38/h7-25H,1-6H3/q+1. The highest BCUT2D eigenvalue weighted by Crippen LogP contribution is 2.43. The van der Waals surface area contributed by atoms with Gasteiger partial charge in [0.15, 0.2) is 16.6 Å². The highest BCUT2D eigenvalue weighted by molar-refractivity contribution is 6.12. The molecule has 0 saturated carbocycles. The third-order valence-electron chi connectivity index (χ3n) is 9.42. The molecule has 0 aliphatic carbocycles. The van der Waals surface area contributed by atoms with E-state index in [1.165, 1.54) is 39.0 Å². The number of para-hydroxylation sites is 2. The van der Waals surface area contributed by atoms with Gasteiger partial charge in [0.2, 0.25) is 0 Å². The number of benzene rings is 5. The number of furan rings is 1. The molecule has 0 aliphatic rings. The number of nitrogens with zero attached hydrogens (tertiary/aromatic N) is 4. The molecule has 0 amide bonds. The lowest BCUT2D eigenvalue weighted by molar-refractivity contribution is -0.633. The molecule has 3 heterocycles. The minimum atomic E-state index is 0.297. The first kappa shape index (κ1) is 28.2. The first-order valence-corrected chi connectivity index (χ1v) is 16.1. The number of rotatable bonds is 5. The minimum Gasteiger partial charge on any atom is -0.455 e. The second-order valence-corrected chi connectivity index (χ2v) is 13.0. The van der Waals surface area contributed by atoms with Crippen LogP contribution in [0.4, 0.5) is 0 Å². The van der Waals surface area contributed by atoms with E-state index in [-0.39, 0.29) is 0 Å². The van der Waals surface area contributed by atoms with Gasteiger partial charge < -0.3 is 4.42 Å². The average Bonchev–Trinajstić information content (AvgIpc) is 3.57. The Morgan fingerprint density at radius 3 is 2.04 bits per heavy atom. The number of imidazole rings is 1. The van der Waals surface area contributed by atoms with Crippen molar-refractivity contribution in [2.24, 2.45) is 7.05 Å². The van der Waals surface area contributed by atoms with E-state index in [0.29, 0.717) is 11.8 Å². The molecular weight excluding hydrogens is 564 g/mol. The molecule has 0 unspecified atom stereocenters. The lowest BCUT2D eigenvalue weighted by Gasteiger charge is -2.21. The molecule has 0 saturated heterocycles. The molecule has 5 heteroatoms. The van der Waals surface area contributed by atoms with Gasteiger partial charge in [0.05, 0.1) is 18.1 Å². The van der Waals surface area contributed by atoms with Crippen LogP contribution >= 0.6 is 0 Å². The summed E-state index contributed by atoms with van der Waals surface area (Å²) in [7, 11) is 2.18.